The summed E-state index contributed by atoms with van der Waals surface area (Å²) >= 11 is 0. The molecule has 0 bridgehead atoms. The Bertz CT molecular complexity index is 1120. The Kier molecular flexibility index (Phi) is 3.68. The average Bonchev–Trinajstić information content (AvgIpc) is 3.26. The first kappa shape index (κ1) is 15.9. The Hall–Kier alpha value is -3.62. The summed E-state index contributed by atoms with van der Waals surface area (Å²) in [5, 5.41) is 14.6. The van der Waals surface area contributed by atoms with Gasteiger partial charge in [0.2, 0.25) is 0 Å². The Morgan fingerprint density at radius 2 is 2.15 bits per heavy atom. The van der Waals surface area contributed by atoms with E-state index >= 15 is 0 Å². The number of rotatable bonds is 3. The SMILES string of the molecule is CN(C)c1ccc(-c2ccn3nc(NC(=O)OF)cc3c2)c2cn[nH]c12. The quantitative estimate of drug-likeness (QED) is 0.589. The minimum atomic E-state index is -1.21. The Morgan fingerprint density at radius 3 is 2.92 bits per heavy atom. The molecule has 3 aromatic heterocycles. The number of fused-ring (bicyclic) bond motifs is 2. The summed E-state index contributed by atoms with van der Waals surface area (Å²) in [5.74, 6) is 0.196. The molecule has 2 N–H and O–H groups in total. The van der Waals surface area contributed by atoms with Crippen molar-refractivity contribution in [1.82, 2.24) is 19.8 Å². The van der Waals surface area contributed by atoms with E-state index in [4.69, 9.17) is 0 Å². The van der Waals surface area contributed by atoms with Gasteiger partial charge in [-0.2, -0.15) is 5.10 Å². The number of carbonyl (C=O) groups excluding carboxylic acids is 1. The number of aromatic nitrogens is 4. The van der Waals surface area contributed by atoms with Crippen LogP contribution in [0, 0.1) is 0 Å². The number of aromatic amines is 1. The first-order chi connectivity index (χ1) is 12.6. The van der Waals surface area contributed by atoms with E-state index in [1.54, 1.807) is 23.0 Å². The fourth-order valence-electron chi connectivity index (χ4n) is 2.99. The Labute approximate surface area is 147 Å². The molecule has 0 aliphatic carbocycles. The molecular formula is C17H15FN6O2. The van der Waals surface area contributed by atoms with E-state index in [2.05, 4.69) is 25.6 Å². The number of amides is 1. The third-order valence-electron chi connectivity index (χ3n) is 4.15. The molecule has 0 fully saturated rings. The molecule has 26 heavy (non-hydrogen) atoms. The molecule has 1 amide bonds. The van der Waals surface area contributed by atoms with Gasteiger partial charge < -0.3 is 4.90 Å². The molecule has 3 heterocycles. The van der Waals surface area contributed by atoms with Crippen LogP contribution in [0.3, 0.4) is 0 Å². The van der Waals surface area contributed by atoms with E-state index in [0.29, 0.717) is 0 Å². The summed E-state index contributed by atoms with van der Waals surface area (Å²) in [6, 6.07) is 9.53. The maximum absolute atomic E-state index is 11.9. The second kappa shape index (κ2) is 6.03. The molecule has 0 atom stereocenters. The summed E-state index contributed by atoms with van der Waals surface area (Å²) in [4.78, 5) is 16.1. The molecule has 4 rings (SSSR count). The van der Waals surface area contributed by atoms with Crippen LogP contribution in [0.1, 0.15) is 0 Å². The van der Waals surface area contributed by atoms with Gasteiger partial charge in [-0.1, -0.05) is 6.07 Å². The van der Waals surface area contributed by atoms with Gasteiger partial charge in [0.05, 0.1) is 22.9 Å². The minimum absolute atomic E-state index is 0.196. The second-order valence-corrected chi connectivity index (χ2v) is 5.99. The number of hydrogen-bond acceptors (Lipinski definition) is 5. The lowest BCUT2D eigenvalue weighted by Gasteiger charge is -2.15. The van der Waals surface area contributed by atoms with Crippen LogP contribution >= 0.6 is 0 Å². The van der Waals surface area contributed by atoms with Crippen molar-refractivity contribution in [2.75, 3.05) is 24.3 Å². The predicted octanol–water partition coefficient (Wildman–Crippen LogP) is 3.38. The number of H-pyrrole nitrogens is 1. The van der Waals surface area contributed by atoms with Gasteiger partial charge >= 0.3 is 6.09 Å². The van der Waals surface area contributed by atoms with E-state index in [1.165, 1.54) is 0 Å². The molecular weight excluding hydrogens is 339 g/mol. The first-order valence-electron chi connectivity index (χ1n) is 7.79. The van der Waals surface area contributed by atoms with Crippen molar-refractivity contribution >= 4 is 34.0 Å². The highest BCUT2D eigenvalue weighted by Crippen LogP contribution is 2.33. The van der Waals surface area contributed by atoms with Crippen LogP contribution in [0.4, 0.5) is 20.8 Å². The molecule has 0 saturated heterocycles. The van der Waals surface area contributed by atoms with Gasteiger partial charge in [-0.05, 0) is 29.3 Å². The number of hydrogen-bond donors (Lipinski definition) is 2. The molecule has 0 aliphatic rings. The van der Waals surface area contributed by atoms with Gasteiger partial charge in [0.15, 0.2) is 5.82 Å². The zero-order valence-corrected chi connectivity index (χ0v) is 14.0. The maximum Gasteiger partial charge on any atom is 0.450 e. The Balaban J connectivity index is 1.80. The van der Waals surface area contributed by atoms with Crippen LogP contribution < -0.4 is 10.2 Å². The van der Waals surface area contributed by atoms with Gasteiger partial charge in [0.1, 0.15) is 0 Å². The van der Waals surface area contributed by atoms with Gasteiger partial charge in [-0.15, -0.1) is 5.10 Å². The van der Waals surface area contributed by atoms with Crippen LogP contribution in [-0.4, -0.2) is 40.0 Å². The van der Waals surface area contributed by atoms with Crippen molar-refractivity contribution in [2.24, 2.45) is 0 Å². The fourth-order valence-corrected chi connectivity index (χ4v) is 2.99. The van der Waals surface area contributed by atoms with Crippen LogP contribution in [0.15, 0.2) is 42.7 Å². The lowest BCUT2D eigenvalue weighted by atomic mass is 10.0. The summed E-state index contributed by atoms with van der Waals surface area (Å²) in [7, 11) is 3.95. The summed E-state index contributed by atoms with van der Waals surface area (Å²) < 4.78 is 13.4. The molecule has 0 spiro atoms. The van der Waals surface area contributed by atoms with Crippen LogP contribution in [0.25, 0.3) is 27.5 Å². The third kappa shape index (κ3) is 2.59. The Morgan fingerprint density at radius 1 is 1.31 bits per heavy atom. The van der Waals surface area contributed by atoms with E-state index in [1.807, 2.05) is 43.3 Å². The number of halogens is 1. The summed E-state index contributed by atoms with van der Waals surface area (Å²) in [6.45, 7) is 0. The highest BCUT2D eigenvalue weighted by molar-refractivity contribution is 6.01. The number of nitrogens with zero attached hydrogens (tertiary/aromatic N) is 4. The van der Waals surface area contributed by atoms with Gasteiger partial charge in [0, 0.05) is 36.3 Å². The molecule has 0 unspecified atom stereocenters. The van der Waals surface area contributed by atoms with Gasteiger partial charge in [-0.3, -0.25) is 10.4 Å². The zero-order valence-electron chi connectivity index (χ0n) is 14.0. The zero-order chi connectivity index (χ0) is 18.3. The molecule has 1 aromatic carbocycles. The predicted molar refractivity (Wildman–Crippen MR) is 95.8 cm³/mol. The number of benzene rings is 1. The average molecular weight is 354 g/mol. The van der Waals surface area contributed by atoms with Crippen molar-refractivity contribution in [2.45, 2.75) is 0 Å². The van der Waals surface area contributed by atoms with E-state index in [0.717, 1.165) is 33.2 Å². The smallest absolute Gasteiger partial charge is 0.376 e. The largest absolute Gasteiger partial charge is 0.450 e. The van der Waals surface area contributed by atoms with Crippen molar-refractivity contribution in [3.8, 4) is 11.1 Å². The summed E-state index contributed by atoms with van der Waals surface area (Å²) in [6.07, 6.45) is 2.35. The van der Waals surface area contributed by atoms with Crippen molar-refractivity contribution < 1.29 is 14.3 Å². The molecule has 132 valence electrons. The number of pyridine rings is 1. The number of nitrogens with one attached hydrogen (secondary N) is 2. The first-order valence-corrected chi connectivity index (χ1v) is 7.79. The topological polar surface area (TPSA) is 87.6 Å². The lowest BCUT2D eigenvalue weighted by molar-refractivity contribution is -0.0544. The van der Waals surface area contributed by atoms with Crippen molar-refractivity contribution in [3.05, 3.63) is 42.7 Å². The van der Waals surface area contributed by atoms with Crippen LogP contribution in [0.2, 0.25) is 0 Å². The standard InChI is InChI=1S/C17H15FN6O2/c1-23(2)14-4-3-12(13-9-19-21-16(13)14)10-5-6-24-11(7-10)8-15(22-24)20-17(25)26-18/h3-9H,1-2H3,(H,19,21)(H,20,22,25). The molecule has 4 aromatic rings. The van der Waals surface area contributed by atoms with Gasteiger partial charge in [-0.25, -0.2) is 14.3 Å². The number of carbonyl (C=O) groups is 1. The highest BCUT2D eigenvalue weighted by atomic mass is 19.3. The van der Waals surface area contributed by atoms with Crippen LogP contribution in [0.5, 0.6) is 0 Å². The third-order valence-corrected chi connectivity index (χ3v) is 4.15. The van der Waals surface area contributed by atoms with E-state index < -0.39 is 6.09 Å². The molecule has 0 radical (unpaired) electrons. The molecule has 0 aliphatic heterocycles. The van der Waals surface area contributed by atoms with Crippen molar-refractivity contribution in [3.63, 3.8) is 0 Å². The van der Waals surface area contributed by atoms with E-state index in [-0.39, 0.29) is 5.82 Å². The highest BCUT2D eigenvalue weighted by Gasteiger charge is 2.13. The fraction of sp³-hybridized carbons (Fsp3) is 0.118. The molecule has 8 nitrogen and oxygen atoms in total. The minimum Gasteiger partial charge on any atom is -0.376 e. The summed E-state index contributed by atoms with van der Waals surface area (Å²) in [5.41, 5.74) is 4.72. The second-order valence-electron chi connectivity index (χ2n) is 5.99. The van der Waals surface area contributed by atoms with E-state index in [9.17, 15) is 9.32 Å². The normalized spacial score (nSPS) is 11.0. The monoisotopic (exact) mass is 354 g/mol. The number of anilines is 2. The van der Waals surface area contributed by atoms with Crippen LogP contribution in [-0.2, 0) is 4.94 Å². The van der Waals surface area contributed by atoms with Crippen molar-refractivity contribution in [1.29, 1.82) is 0 Å². The molecule has 0 saturated carbocycles. The van der Waals surface area contributed by atoms with Gasteiger partial charge in [0.25, 0.3) is 0 Å². The maximum atomic E-state index is 11.9. The lowest BCUT2D eigenvalue weighted by Crippen LogP contribution is -2.09. The molecule has 9 heteroatoms.